The minimum Gasteiger partial charge on any atom is -0.385 e. The first kappa shape index (κ1) is 8.84. The molecule has 0 aromatic carbocycles. The van der Waals surface area contributed by atoms with Gasteiger partial charge in [-0.25, -0.2) is 0 Å². The Labute approximate surface area is 70.8 Å². The van der Waals surface area contributed by atoms with E-state index in [0.29, 0.717) is 6.42 Å². The third-order valence-corrected chi connectivity index (χ3v) is 1.84. The van der Waals surface area contributed by atoms with Gasteiger partial charge in [0.25, 0.3) is 0 Å². The standard InChI is InChI=1S/C8H11N3O/c1-7-2-4-8(12,5-3-7)6-10-11-9/h2-4,12H,5-6H2,1H3. The third kappa shape index (κ3) is 2.12. The number of azide groups is 1. The molecule has 0 heterocycles. The van der Waals surface area contributed by atoms with Crippen molar-refractivity contribution in [3.63, 3.8) is 0 Å². The molecule has 1 aliphatic carbocycles. The molecule has 0 aromatic rings. The van der Waals surface area contributed by atoms with Gasteiger partial charge in [0.2, 0.25) is 0 Å². The molecular weight excluding hydrogens is 154 g/mol. The van der Waals surface area contributed by atoms with Crippen LogP contribution in [0.15, 0.2) is 28.9 Å². The lowest BCUT2D eigenvalue weighted by Crippen LogP contribution is -2.30. The van der Waals surface area contributed by atoms with E-state index in [-0.39, 0.29) is 6.54 Å². The smallest absolute Gasteiger partial charge is 0.0921 e. The predicted molar refractivity (Wildman–Crippen MR) is 46.5 cm³/mol. The normalized spacial score (nSPS) is 27.7. The molecule has 0 aliphatic heterocycles. The highest BCUT2D eigenvalue weighted by Crippen LogP contribution is 2.20. The predicted octanol–water partition coefficient (Wildman–Crippen LogP) is 1.93. The van der Waals surface area contributed by atoms with Crippen LogP contribution in [0.3, 0.4) is 0 Å². The average molecular weight is 165 g/mol. The summed E-state index contributed by atoms with van der Waals surface area (Å²) in [5, 5.41) is 13.1. The second-order valence-electron chi connectivity index (χ2n) is 2.98. The van der Waals surface area contributed by atoms with E-state index in [1.807, 2.05) is 19.1 Å². The van der Waals surface area contributed by atoms with E-state index in [0.717, 1.165) is 5.57 Å². The maximum atomic E-state index is 9.72. The van der Waals surface area contributed by atoms with Crippen molar-refractivity contribution in [3.05, 3.63) is 34.2 Å². The van der Waals surface area contributed by atoms with E-state index >= 15 is 0 Å². The number of nitrogens with zero attached hydrogens (tertiary/aromatic N) is 3. The molecule has 0 saturated carbocycles. The van der Waals surface area contributed by atoms with Gasteiger partial charge in [-0.3, -0.25) is 0 Å². The molecule has 0 spiro atoms. The summed E-state index contributed by atoms with van der Waals surface area (Å²) in [6.45, 7) is 2.06. The maximum absolute atomic E-state index is 9.72. The van der Waals surface area contributed by atoms with Crippen molar-refractivity contribution in [2.45, 2.75) is 18.9 Å². The summed E-state index contributed by atoms with van der Waals surface area (Å²) in [4.78, 5) is 2.60. The van der Waals surface area contributed by atoms with Crippen molar-refractivity contribution in [2.24, 2.45) is 5.11 Å². The fourth-order valence-electron chi connectivity index (χ4n) is 1.03. The molecule has 1 N–H and O–H groups in total. The van der Waals surface area contributed by atoms with Crippen molar-refractivity contribution in [1.82, 2.24) is 0 Å². The first-order valence-corrected chi connectivity index (χ1v) is 3.75. The summed E-state index contributed by atoms with van der Waals surface area (Å²) in [6, 6.07) is 0. The SMILES string of the molecule is CC1=CCC(O)(CN=[N+]=[N-])C=C1. The zero-order chi connectivity index (χ0) is 9.03. The number of allylic oxidation sites excluding steroid dienone is 2. The molecule has 4 nitrogen and oxygen atoms in total. The lowest BCUT2D eigenvalue weighted by Gasteiger charge is -2.23. The van der Waals surface area contributed by atoms with Crippen molar-refractivity contribution in [1.29, 1.82) is 0 Å². The molecule has 0 saturated heterocycles. The summed E-state index contributed by atoms with van der Waals surface area (Å²) in [6.07, 6.45) is 5.95. The van der Waals surface area contributed by atoms with Gasteiger partial charge in [0.15, 0.2) is 0 Å². The Morgan fingerprint density at radius 3 is 3.08 bits per heavy atom. The van der Waals surface area contributed by atoms with Crippen LogP contribution in [0, 0.1) is 0 Å². The summed E-state index contributed by atoms with van der Waals surface area (Å²) in [7, 11) is 0. The lowest BCUT2D eigenvalue weighted by molar-refractivity contribution is 0.102. The van der Waals surface area contributed by atoms with E-state index in [1.54, 1.807) is 6.08 Å². The van der Waals surface area contributed by atoms with Crippen LogP contribution < -0.4 is 0 Å². The van der Waals surface area contributed by atoms with Crippen molar-refractivity contribution in [3.8, 4) is 0 Å². The Hall–Kier alpha value is -1.25. The Balaban J connectivity index is 2.65. The molecule has 1 atom stereocenters. The molecule has 1 unspecified atom stereocenters. The Morgan fingerprint density at radius 1 is 1.83 bits per heavy atom. The molecule has 0 amide bonds. The van der Waals surface area contributed by atoms with E-state index in [2.05, 4.69) is 10.0 Å². The lowest BCUT2D eigenvalue weighted by atomic mass is 9.93. The molecule has 1 rings (SSSR count). The summed E-state index contributed by atoms with van der Waals surface area (Å²) < 4.78 is 0. The molecule has 1 aliphatic rings. The molecular formula is C8H11N3O. The first-order chi connectivity index (χ1) is 5.66. The van der Waals surface area contributed by atoms with Crippen LogP contribution in [0.5, 0.6) is 0 Å². The molecule has 0 radical (unpaired) electrons. The fourth-order valence-corrected chi connectivity index (χ4v) is 1.03. The Morgan fingerprint density at radius 2 is 2.58 bits per heavy atom. The number of rotatable bonds is 2. The minimum absolute atomic E-state index is 0.101. The second kappa shape index (κ2) is 3.43. The van der Waals surface area contributed by atoms with Crippen LogP contribution in [0.2, 0.25) is 0 Å². The highest BCUT2D eigenvalue weighted by Gasteiger charge is 2.22. The van der Waals surface area contributed by atoms with Crippen LogP contribution >= 0.6 is 0 Å². The summed E-state index contributed by atoms with van der Waals surface area (Å²) >= 11 is 0. The van der Waals surface area contributed by atoms with Gasteiger partial charge in [-0.1, -0.05) is 28.9 Å². The Bertz CT molecular complexity index is 276. The summed E-state index contributed by atoms with van der Waals surface area (Å²) in [5.74, 6) is 0. The van der Waals surface area contributed by atoms with Gasteiger partial charge in [0.1, 0.15) is 0 Å². The van der Waals surface area contributed by atoms with E-state index < -0.39 is 5.60 Å². The second-order valence-corrected chi connectivity index (χ2v) is 2.98. The minimum atomic E-state index is -0.967. The van der Waals surface area contributed by atoms with Gasteiger partial charge in [0.05, 0.1) is 12.1 Å². The van der Waals surface area contributed by atoms with Gasteiger partial charge in [0, 0.05) is 4.91 Å². The van der Waals surface area contributed by atoms with Crippen LogP contribution in [-0.2, 0) is 0 Å². The fraction of sp³-hybridized carbons (Fsp3) is 0.500. The quantitative estimate of drug-likeness (QED) is 0.379. The van der Waals surface area contributed by atoms with Gasteiger partial charge < -0.3 is 5.11 Å². The number of hydrogen-bond acceptors (Lipinski definition) is 2. The largest absolute Gasteiger partial charge is 0.385 e. The molecule has 0 bridgehead atoms. The van der Waals surface area contributed by atoms with Crippen molar-refractivity contribution < 1.29 is 5.11 Å². The Kier molecular flexibility index (Phi) is 2.53. The van der Waals surface area contributed by atoms with Crippen molar-refractivity contribution in [2.75, 3.05) is 6.54 Å². The van der Waals surface area contributed by atoms with Gasteiger partial charge in [-0.05, 0) is 18.9 Å². The molecule has 64 valence electrons. The van der Waals surface area contributed by atoms with Crippen LogP contribution in [0.25, 0.3) is 10.4 Å². The maximum Gasteiger partial charge on any atom is 0.0921 e. The highest BCUT2D eigenvalue weighted by atomic mass is 16.3. The topological polar surface area (TPSA) is 69.0 Å². The zero-order valence-electron chi connectivity index (χ0n) is 6.94. The highest BCUT2D eigenvalue weighted by molar-refractivity contribution is 5.26. The van der Waals surface area contributed by atoms with Crippen molar-refractivity contribution >= 4 is 0 Å². The van der Waals surface area contributed by atoms with Crippen LogP contribution in [-0.4, -0.2) is 17.3 Å². The number of aliphatic hydroxyl groups is 1. The molecule has 0 aromatic heterocycles. The van der Waals surface area contributed by atoms with E-state index in [9.17, 15) is 5.11 Å². The van der Waals surface area contributed by atoms with Crippen LogP contribution in [0.4, 0.5) is 0 Å². The molecule has 0 fully saturated rings. The van der Waals surface area contributed by atoms with Gasteiger partial charge in [-0.15, -0.1) is 0 Å². The number of hydrogen-bond donors (Lipinski definition) is 1. The first-order valence-electron chi connectivity index (χ1n) is 3.75. The molecule has 12 heavy (non-hydrogen) atoms. The van der Waals surface area contributed by atoms with Crippen LogP contribution in [0.1, 0.15) is 13.3 Å². The van der Waals surface area contributed by atoms with Gasteiger partial charge >= 0.3 is 0 Å². The van der Waals surface area contributed by atoms with E-state index in [4.69, 9.17) is 5.53 Å². The van der Waals surface area contributed by atoms with E-state index in [1.165, 1.54) is 0 Å². The molecule has 4 heteroatoms. The average Bonchev–Trinajstić information content (AvgIpc) is 2.08. The third-order valence-electron chi connectivity index (χ3n) is 1.84. The zero-order valence-corrected chi connectivity index (χ0v) is 6.94. The van der Waals surface area contributed by atoms with Gasteiger partial charge in [-0.2, -0.15) is 0 Å². The monoisotopic (exact) mass is 165 g/mol. The summed E-state index contributed by atoms with van der Waals surface area (Å²) in [5.41, 5.74) is 8.23.